The molecule has 0 aliphatic rings. The summed E-state index contributed by atoms with van der Waals surface area (Å²) in [4.78, 5) is 19.7. The number of aldehydes is 1. The molecule has 1 aromatic rings. The monoisotopic (exact) mass is 171 g/mol. The summed E-state index contributed by atoms with van der Waals surface area (Å²) < 4.78 is 0. The Kier molecular flexibility index (Phi) is 2.32. The summed E-state index contributed by atoms with van der Waals surface area (Å²) in [5.74, 6) is 0. The molecule has 0 amide bonds. The lowest BCUT2D eigenvalue weighted by molar-refractivity contribution is -0.380. The van der Waals surface area contributed by atoms with Gasteiger partial charge in [-0.15, -0.1) is 0 Å². The third-order valence-corrected chi connectivity index (χ3v) is 2.07. The highest BCUT2D eigenvalue weighted by Gasteiger charge is 2.08. The molecule has 0 N–H and O–H groups in total. The number of nitro groups is 1. The minimum atomic E-state index is -0.459. The lowest BCUT2D eigenvalue weighted by Crippen LogP contribution is -1.83. The highest BCUT2D eigenvalue weighted by atomic mass is 32.1. The maximum Gasteiger partial charge on any atom is 0.324 e. The van der Waals surface area contributed by atoms with Crippen LogP contribution in [0.4, 0.5) is 5.00 Å². The van der Waals surface area contributed by atoms with Gasteiger partial charge in [0.05, 0.1) is 4.92 Å². The highest BCUT2D eigenvalue weighted by molar-refractivity contribution is 7.13. The van der Waals surface area contributed by atoms with Crippen molar-refractivity contribution in [2.45, 2.75) is 6.42 Å². The van der Waals surface area contributed by atoms with Crippen molar-refractivity contribution in [1.29, 1.82) is 0 Å². The number of carbonyl (C=O) groups excluding carboxylic acids is 1. The quantitative estimate of drug-likeness (QED) is 0.392. The highest BCUT2D eigenvalue weighted by Crippen LogP contribution is 2.22. The molecule has 58 valence electrons. The molecule has 0 aromatic carbocycles. The van der Waals surface area contributed by atoms with Crippen molar-refractivity contribution in [3.63, 3.8) is 0 Å². The molecule has 5 heteroatoms. The van der Waals surface area contributed by atoms with Gasteiger partial charge in [0.2, 0.25) is 0 Å². The van der Waals surface area contributed by atoms with Gasteiger partial charge in [-0.05, 0) is 5.56 Å². The van der Waals surface area contributed by atoms with Gasteiger partial charge in [-0.25, -0.2) is 0 Å². The number of rotatable bonds is 3. The zero-order valence-electron chi connectivity index (χ0n) is 5.52. The summed E-state index contributed by atoms with van der Waals surface area (Å²) in [5, 5.41) is 11.8. The second kappa shape index (κ2) is 3.25. The number of hydrogen-bond acceptors (Lipinski definition) is 4. The Labute approximate surface area is 66.6 Å². The zero-order chi connectivity index (χ0) is 8.27. The Morgan fingerprint density at radius 3 is 2.91 bits per heavy atom. The molecule has 4 nitrogen and oxygen atoms in total. The van der Waals surface area contributed by atoms with Crippen molar-refractivity contribution < 1.29 is 9.72 Å². The van der Waals surface area contributed by atoms with Crippen LogP contribution in [0.1, 0.15) is 5.56 Å². The molecule has 1 rings (SSSR count). The molecular formula is C6H5NO3S. The van der Waals surface area contributed by atoms with Crippen LogP contribution in [0, 0.1) is 10.1 Å². The van der Waals surface area contributed by atoms with E-state index in [2.05, 4.69) is 0 Å². The molecule has 11 heavy (non-hydrogen) atoms. The Hall–Kier alpha value is -1.23. The molecule has 0 aliphatic carbocycles. The van der Waals surface area contributed by atoms with Gasteiger partial charge in [-0.1, -0.05) is 11.3 Å². The Morgan fingerprint density at radius 2 is 2.45 bits per heavy atom. The van der Waals surface area contributed by atoms with Crippen LogP contribution in [0.15, 0.2) is 11.4 Å². The SMILES string of the molecule is O=CCc1csc([N+](=O)[O-])c1. The maximum atomic E-state index is 10.1. The molecule has 0 saturated carbocycles. The largest absolute Gasteiger partial charge is 0.324 e. The van der Waals surface area contributed by atoms with Crippen LogP contribution in [0.25, 0.3) is 0 Å². The second-order valence-electron chi connectivity index (χ2n) is 1.92. The Morgan fingerprint density at radius 1 is 1.73 bits per heavy atom. The van der Waals surface area contributed by atoms with Crippen molar-refractivity contribution in [1.82, 2.24) is 0 Å². The van der Waals surface area contributed by atoms with Crippen molar-refractivity contribution in [2.75, 3.05) is 0 Å². The molecule has 0 saturated heterocycles. The first kappa shape index (κ1) is 7.87. The zero-order valence-corrected chi connectivity index (χ0v) is 6.34. The number of nitrogens with zero attached hydrogens (tertiary/aromatic N) is 1. The molecule has 0 bridgehead atoms. The summed E-state index contributed by atoms with van der Waals surface area (Å²) in [5.41, 5.74) is 0.705. The van der Waals surface area contributed by atoms with Crippen LogP contribution in [0.2, 0.25) is 0 Å². The molecule has 0 radical (unpaired) electrons. The van der Waals surface area contributed by atoms with Gasteiger partial charge < -0.3 is 4.79 Å². The summed E-state index contributed by atoms with van der Waals surface area (Å²) in [6.45, 7) is 0. The fraction of sp³-hybridized carbons (Fsp3) is 0.167. The van der Waals surface area contributed by atoms with Crippen molar-refractivity contribution in [3.05, 3.63) is 27.1 Å². The van der Waals surface area contributed by atoms with Crippen LogP contribution >= 0.6 is 11.3 Å². The third-order valence-electron chi connectivity index (χ3n) is 1.14. The average Bonchev–Trinajstić information content (AvgIpc) is 2.37. The topological polar surface area (TPSA) is 60.2 Å². The van der Waals surface area contributed by atoms with Gasteiger partial charge in [0.1, 0.15) is 6.29 Å². The van der Waals surface area contributed by atoms with Gasteiger partial charge in [-0.3, -0.25) is 10.1 Å². The predicted octanol–water partition coefficient (Wildman–Crippen LogP) is 1.40. The van der Waals surface area contributed by atoms with Crippen LogP contribution < -0.4 is 0 Å². The first-order chi connectivity index (χ1) is 5.24. The standard InChI is InChI=1S/C6H5NO3S/c8-2-1-5-3-6(7(9)10)11-4-5/h2-4H,1H2. The van der Waals surface area contributed by atoms with Crippen molar-refractivity contribution in [2.24, 2.45) is 0 Å². The van der Waals surface area contributed by atoms with Crippen molar-refractivity contribution >= 4 is 22.6 Å². The molecule has 0 fully saturated rings. The van der Waals surface area contributed by atoms with Gasteiger partial charge in [-0.2, -0.15) is 0 Å². The summed E-state index contributed by atoms with van der Waals surface area (Å²) in [6, 6.07) is 1.42. The van der Waals surface area contributed by atoms with E-state index >= 15 is 0 Å². The van der Waals surface area contributed by atoms with Crippen LogP contribution in [-0.4, -0.2) is 11.2 Å². The first-order valence-corrected chi connectivity index (χ1v) is 3.77. The van der Waals surface area contributed by atoms with Crippen LogP contribution in [-0.2, 0) is 11.2 Å². The molecule has 1 heterocycles. The van der Waals surface area contributed by atoms with Crippen molar-refractivity contribution in [3.8, 4) is 0 Å². The summed E-state index contributed by atoms with van der Waals surface area (Å²) in [7, 11) is 0. The number of thiophene rings is 1. The average molecular weight is 171 g/mol. The lowest BCUT2D eigenvalue weighted by Gasteiger charge is -1.80. The van der Waals surface area contributed by atoms with Crippen LogP contribution in [0.3, 0.4) is 0 Å². The molecule has 0 spiro atoms. The Bertz CT molecular complexity index is 281. The summed E-state index contributed by atoms with van der Waals surface area (Å²) in [6.07, 6.45) is 0.982. The molecule has 1 aromatic heterocycles. The van der Waals surface area contributed by atoms with Gasteiger partial charge in [0.25, 0.3) is 0 Å². The molecular weight excluding hydrogens is 166 g/mol. The van der Waals surface area contributed by atoms with Gasteiger partial charge in [0.15, 0.2) is 0 Å². The van der Waals surface area contributed by atoms with E-state index in [-0.39, 0.29) is 11.4 Å². The van der Waals surface area contributed by atoms with E-state index < -0.39 is 4.92 Å². The van der Waals surface area contributed by atoms with Gasteiger partial charge in [0, 0.05) is 17.9 Å². The number of hydrogen-bond donors (Lipinski definition) is 0. The normalized spacial score (nSPS) is 9.45. The van der Waals surface area contributed by atoms with E-state index in [0.29, 0.717) is 5.56 Å². The predicted molar refractivity (Wildman–Crippen MR) is 40.7 cm³/mol. The second-order valence-corrected chi connectivity index (χ2v) is 2.81. The Balaban J connectivity index is 2.81. The first-order valence-electron chi connectivity index (χ1n) is 2.89. The minimum absolute atomic E-state index is 0.0850. The fourth-order valence-corrected chi connectivity index (χ4v) is 1.40. The lowest BCUT2D eigenvalue weighted by atomic mass is 10.3. The van der Waals surface area contributed by atoms with Crippen LogP contribution in [0.5, 0.6) is 0 Å². The maximum absolute atomic E-state index is 10.1. The third kappa shape index (κ3) is 1.84. The minimum Gasteiger partial charge on any atom is -0.303 e. The fourth-order valence-electron chi connectivity index (χ4n) is 0.662. The van der Waals surface area contributed by atoms with E-state index in [1.54, 1.807) is 5.38 Å². The van der Waals surface area contributed by atoms with E-state index in [9.17, 15) is 14.9 Å². The van der Waals surface area contributed by atoms with Gasteiger partial charge >= 0.3 is 5.00 Å². The van der Waals surface area contributed by atoms with E-state index in [4.69, 9.17) is 0 Å². The summed E-state index contributed by atoms with van der Waals surface area (Å²) >= 11 is 1.04. The number of carbonyl (C=O) groups is 1. The molecule has 0 unspecified atom stereocenters. The molecule has 0 atom stereocenters. The van der Waals surface area contributed by atoms with E-state index in [1.165, 1.54) is 6.07 Å². The van der Waals surface area contributed by atoms with E-state index in [0.717, 1.165) is 17.6 Å². The smallest absolute Gasteiger partial charge is 0.303 e. The molecule has 0 aliphatic heterocycles. The van der Waals surface area contributed by atoms with E-state index in [1.807, 2.05) is 0 Å².